The maximum Gasteiger partial charge on any atom is 0.658 e. The second kappa shape index (κ2) is 7.74. The van der Waals surface area contributed by atoms with Crippen LogP contribution in [0.3, 0.4) is 0 Å². The van der Waals surface area contributed by atoms with Gasteiger partial charge in [-0.1, -0.05) is 24.3 Å². The highest BCUT2D eigenvalue weighted by Gasteiger charge is 2.30. The zero-order chi connectivity index (χ0) is 20.2. The molecule has 2 aromatic carbocycles. The molecular formula is C20H22BO6. The van der Waals surface area contributed by atoms with E-state index in [0.717, 1.165) is 7.69 Å². The summed E-state index contributed by atoms with van der Waals surface area (Å²) in [5.41, 5.74) is -0.884. The van der Waals surface area contributed by atoms with Crippen molar-refractivity contribution in [3.63, 3.8) is 0 Å². The van der Waals surface area contributed by atoms with Crippen molar-refractivity contribution in [1.82, 2.24) is 0 Å². The van der Waals surface area contributed by atoms with Crippen LogP contribution in [0.2, 0.25) is 0 Å². The minimum Gasteiger partial charge on any atom is -0.526 e. The first-order valence-corrected chi connectivity index (χ1v) is 8.38. The molecule has 0 bridgehead atoms. The molecule has 7 heteroatoms. The Morgan fingerprint density at radius 3 is 1.48 bits per heavy atom. The molecule has 0 heterocycles. The summed E-state index contributed by atoms with van der Waals surface area (Å²) in [6.45, 7) is 6.46. The van der Waals surface area contributed by atoms with Crippen LogP contribution in [0.1, 0.15) is 38.8 Å². The Hall–Kier alpha value is -2.96. The lowest BCUT2D eigenvalue weighted by atomic mass is 9.85. The van der Waals surface area contributed by atoms with Crippen LogP contribution in [0.4, 0.5) is 0 Å². The van der Waals surface area contributed by atoms with Crippen LogP contribution < -0.4 is 9.31 Å². The van der Waals surface area contributed by atoms with Gasteiger partial charge >= 0.3 is 19.6 Å². The van der Waals surface area contributed by atoms with Gasteiger partial charge in [0.15, 0.2) is 0 Å². The highest BCUT2D eigenvalue weighted by atomic mass is 16.6. The van der Waals surface area contributed by atoms with Gasteiger partial charge in [-0.3, -0.25) is 9.59 Å². The Kier molecular flexibility index (Phi) is 5.83. The molecule has 0 atom stereocenters. The number of benzene rings is 2. The van der Waals surface area contributed by atoms with Crippen molar-refractivity contribution in [1.29, 1.82) is 0 Å². The number of hydrogen-bond donors (Lipinski definition) is 2. The van der Waals surface area contributed by atoms with Crippen molar-refractivity contribution >= 4 is 19.6 Å². The average Bonchev–Trinajstić information content (AvgIpc) is 2.62. The first kappa shape index (κ1) is 20.4. The van der Waals surface area contributed by atoms with Gasteiger partial charge in [0.2, 0.25) is 0 Å². The Morgan fingerprint density at radius 2 is 1.15 bits per heavy atom. The number of carboxylic acid groups (broad SMARTS) is 2. The normalized spacial score (nSPS) is 11.6. The molecule has 0 amide bonds. The third-order valence-corrected chi connectivity index (χ3v) is 4.55. The second-order valence-electron chi connectivity index (χ2n) is 7.25. The summed E-state index contributed by atoms with van der Waals surface area (Å²) < 4.78 is 10.9. The van der Waals surface area contributed by atoms with E-state index in [1.54, 1.807) is 76.2 Å². The van der Waals surface area contributed by atoms with E-state index < -0.39 is 22.8 Å². The van der Waals surface area contributed by atoms with Crippen LogP contribution >= 0.6 is 0 Å². The molecule has 2 aromatic rings. The van der Waals surface area contributed by atoms with Crippen molar-refractivity contribution in [2.24, 2.45) is 0 Å². The van der Waals surface area contributed by atoms with Gasteiger partial charge in [-0.25, -0.2) is 0 Å². The molecule has 1 radical (unpaired) electrons. The fraction of sp³-hybridized carbons (Fsp3) is 0.300. The van der Waals surface area contributed by atoms with Crippen molar-refractivity contribution in [2.45, 2.75) is 38.5 Å². The van der Waals surface area contributed by atoms with Gasteiger partial charge in [0.25, 0.3) is 0 Å². The molecule has 27 heavy (non-hydrogen) atoms. The summed E-state index contributed by atoms with van der Waals surface area (Å²) in [4.78, 5) is 22.8. The number of rotatable bonds is 8. The summed E-state index contributed by atoms with van der Waals surface area (Å²) >= 11 is 0. The summed E-state index contributed by atoms with van der Waals surface area (Å²) in [7, 11) is 1.12. The van der Waals surface area contributed by atoms with Crippen molar-refractivity contribution in [3.8, 4) is 11.5 Å². The molecule has 0 fully saturated rings. The summed E-state index contributed by atoms with van der Waals surface area (Å²) in [5.74, 6) is -0.997. The van der Waals surface area contributed by atoms with Crippen LogP contribution in [-0.4, -0.2) is 29.8 Å². The van der Waals surface area contributed by atoms with Gasteiger partial charge < -0.3 is 19.5 Å². The smallest absolute Gasteiger partial charge is 0.526 e. The molecule has 6 nitrogen and oxygen atoms in total. The fourth-order valence-electron chi connectivity index (χ4n) is 2.30. The Labute approximate surface area is 159 Å². The van der Waals surface area contributed by atoms with Gasteiger partial charge in [-0.05, 0) is 63.1 Å². The monoisotopic (exact) mass is 369 g/mol. The number of carboxylic acids is 2. The molecule has 2 rings (SSSR count). The SMILES string of the molecule is CC(C)(C(=O)O)c1cccc(O[B]Oc2cccc(C(C)(C)C(=O)O)c2)c1. The minimum absolute atomic E-state index is 0.434. The molecule has 141 valence electrons. The molecule has 0 aromatic heterocycles. The molecule has 0 aliphatic carbocycles. The molecule has 0 saturated carbocycles. The standard InChI is InChI=1S/C20H22BO6/c1-19(2,17(22)23)13-7-5-9-15(11-13)26-21-27-16-10-6-8-14(12-16)20(3,4)18(24)25/h5-12H,1-4H3,(H,22,23)(H,24,25). The van der Waals surface area contributed by atoms with Crippen LogP contribution in [0, 0.1) is 0 Å². The van der Waals surface area contributed by atoms with E-state index >= 15 is 0 Å². The van der Waals surface area contributed by atoms with Crippen LogP contribution in [-0.2, 0) is 20.4 Å². The Morgan fingerprint density at radius 1 is 0.778 bits per heavy atom. The minimum atomic E-state index is -1.04. The molecule has 0 aliphatic rings. The third-order valence-electron chi connectivity index (χ3n) is 4.55. The van der Waals surface area contributed by atoms with E-state index in [1.165, 1.54) is 0 Å². The Bertz CT molecular complexity index is 774. The zero-order valence-electron chi connectivity index (χ0n) is 15.7. The topological polar surface area (TPSA) is 93.1 Å². The largest absolute Gasteiger partial charge is 0.658 e. The third kappa shape index (κ3) is 4.61. The average molecular weight is 369 g/mol. The van der Waals surface area contributed by atoms with E-state index in [4.69, 9.17) is 9.31 Å². The molecule has 0 aliphatic heterocycles. The van der Waals surface area contributed by atoms with E-state index in [-0.39, 0.29) is 0 Å². The van der Waals surface area contributed by atoms with E-state index in [1.807, 2.05) is 0 Å². The lowest BCUT2D eigenvalue weighted by Crippen LogP contribution is -2.28. The van der Waals surface area contributed by atoms with E-state index in [2.05, 4.69) is 0 Å². The predicted molar refractivity (Wildman–Crippen MR) is 101 cm³/mol. The molecule has 0 unspecified atom stereocenters. The molecule has 0 spiro atoms. The number of aliphatic carboxylic acids is 2. The number of hydrogen-bond acceptors (Lipinski definition) is 4. The highest BCUT2D eigenvalue weighted by molar-refractivity contribution is 6.20. The van der Waals surface area contributed by atoms with Crippen molar-refractivity contribution < 1.29 is 29.1 Å². The summed E-state index contributed by atoms with van der Waals surface area (Å²) in [5, 5.41) is 18.7. The van der Waals surface area contributed by atoms with Crippen LogP contribution in [0.5, 0.6) is 11.5 Å². The first-order chi connectivity index (χ1) is 12.5. The van der Waals surface area contributed by atoms with Gasteiger partial charge in [-0.15, -0.1) is 0 Å². The molecular weight excluding hydrogens is 347 g/mol. The maximum absolute atomic E-state index is 11.4. The van der Waals surface area contributed by atoms with Crippen molar-refractivity contribution in [3.05, 3.63) is 59.7 Å². The van der Waals surface area contributed by atoms with Gasteiger partial charge in [0.1, 0.15) is 11.5 Å². The van der Waals surface area contributed by atoms with E-state index in [0.29, 0.717) is 22.6 Å². The second-order valence-corrected chi connectivity index (χ2v) is 7.25. The van der Waals surface area contributed by atoms with Crippen LogP contribution in [0.25, 0.3) is 0 Å². The lowest BCUT2D eigenvalue weighted by Gasteiger charge is -2.21. The first-order valence-electron chi connectivity index (χ1n) is 8.38. The van der Waals surface area contributed by atoms with Gasteiger partial charge in [-0.2, -0.15) is 0 Å². The lowest BCUT2D eigenvalue weighted by molar-refractivity contribution is -0.143. The fourth-order valence-corrected chi connectivity index (χ4v) is 2.30. The van der Waals surface area contributed by atoms with Gasteiger partial charge in [0, 0.05) is 0 Å². The quantitative estimate of drug-likeness (QED) is 0.693. The number of carbonyl (C=O) groups is 2. The molecule has 2 N–H and O–H groups in total. The van der Waals surface area contributed by atoms with E-state index in [9.17, 15) is 19.8 Å². The zero-order valence-corrected chi connectivity index (χ0v) is 15.7. The van der Waals surface area contributed by atoms with Crippen LogP contribution in [0.15, 0.2) is 48.5 Å². The Balaban J connectivity index is 2.06. The molecule has 0 saturated heterocycles. The van der Waals surface area contributed by atoms with Crippen molar-refractivity contribution in [2.75, 3.05) is 0 Å². The highest BCUT2D eigenvalue weighted by Crippen LogP contribution is 2.28. The maximum atomic E-state index is 11.4. The van der Waals surface area contributed by atoms with Gasteiger partial charge in [0.05, 0.1) is 10.8 Å². The summed E-state index contributed by atoms with van der Waals surface area (Å²) in [6.07, 6.45) is 0. The predicted octanol–water partition coefficient (Wildman–Crippen LogP) is 3.40. The summed E-state index contributed by atoms with van der Waals surface area (Å²) in [6, 6.07) is 13.5.